The van der Waals surface area contributed by atoms with Crippen LogP contribution in [0.1, 0.15) is 58.8 Å². The van der Waals surface area contributed by atoms with Gasteiger partial charge in [0.15, 0.2) is 5.96 Å². The van der Waals surface area contributed by atoms with Gasteiger partial charge < -0.3 is 43.6 Å². The van der Waals surface area contributed by atoms with Crippen LogP contribution in [0.3, 0.4) is 0 Å². The monoisotopic (exact) mass is 512 g/mol. The first-order chi connectivity index (χ1) is 16.8. The number of carbonyl (C=O) groups excluding carboxylic acids is 4. The summed E-state index contributed by atoms with van der Waals surface area (Å²) in [7, 11) is 0. The number of rotatable bonds is 15. The molecule has 4 amide bonds. The summed E-state index contributed by atoms with van der Waals surface area (Å²) in [4.78, 5) is 66.9. The molecular weight excluding hydrogens is 472 g/mol. The zero-order valence-electron chi connectivity index (χ0n) is 20.9. The van der Waals surface area contributed by atoms with Crippen LogP contribution < -0.4 is 33.6 Å². The van der Waals surface area contributed by atoms with Crippen LogP contribution in [0, 0.1) is 5.92 Å². The van der Waals surface area contributed by atoms with E-state index in [1.807, 2.05) is 13.8 Å². The molecule has 1 aliphatic rings. The molecule has 0 saturated carbocycles. The lowest BCUT2D eigenvalue weighted by molar-refractivity contribution is -0.149. The van der Waals surface area contributed by atoms with Gasteiger partial charge in [-0.25, -0.2) is 4.79 Å². The average Bonchev–Trinajstić information content (AvgIpc) is 3.27. The SMILES string of the molecule is CC(C)CC(N)C(=O)NC(CCC(N)=O)C(=O)NC(CCCN=C(N)N)C(=O)N1CCCC1C(=O)O. The van der Waals surface area contributed by atoms with Crippen molar-refractivity contribution in [1.82, 2.24) is 15.5 Å². The Bertz CT molecular complexity index is 829. The number of likely N-dealkylation sites (tertiary alicyclic amines) is 1. The largest absolute Gasteiger partial charge is 0.480 e. The highest BCUT2D eigenvalue weighted by atomic mass is 16.4. The second kappa shape index (κ2) is 14.9. The Labute approximate surface area is 210 Å². The third-order valence-corrected chi connectivity index (χ3v) is 5.76. The van der Waals surface area contributed by atoms with Gasteiger partial charge in [-0.05, 0) is 44.4 Å². The molecule has 204 valence electrons. The Morgan fingerprint density at radius 1 is 1.03 bits per heavy atom. The Hall–Kier alpha value is -3.42. The molecule has 0 bridgehead atoms. The summed E-state index contributed by atoms with van der Waals surface area (Å²) in [6, 6.07) is -4.13. The third kappa shape index (κ3) is 10.5. The number of aliphatic carboxylic acids is 1. The summed E-state index contributed by atoms with van der Waals surface area (Å²) in [6.45, 7) is 4.22. The minimum absolute atomic E-state index is 0.0995. The van der Waals surface area contributed by atoms with Crippen LogP contribution in [0.4, 0.5) is 0 Å². The van der Waals surface area contributed by atoms with Gasteiger partial charge >= 0.3 is 5.97 Å². The molecule has 36 heavy (non-hydrogen) atoms. The Morgan fingerprint density at radius 2 is 1.67 bits per heavy atom. The molecule has 1 saturated heterocycles. The molecule has 14 nitrogen and oxygen atoms in total. The number of aliphatic imine (C=N–C) groups is 1. The minimum atomic E-state index is -1.18. The molecule has 1 heterocycles. The topological polar surface area (TPSA) is 249 Å². The van der Waals surface area contributed by atoms with E-state index in [2.05, 4.69) is 15.6 Å². The maximum atomic E-state index is 13.2. The quantitative estimate of drug-likeness (QED) is 0.0708. The van der Waals surface area contributed by atoms with Crippen LogP contribution in [0.15, 0.2) is 4.99 Å². The molecule has 11 N–H and O–H groups in total. The van der Waals surface area contributed by atoms with Gasteiger partial charge in [-0.3, -0.25) is 24.2 Å². The van der Waals surface area contributed by atoms with Gasteiger partial charge in [-0.15, -0.1) is 0 Å². The van der Waals surface area contributed by atoms with Crippen molar-refractivity contribution in [3.8, 4) is 0 Å². The molecule has 1 fully saturated rings. The number of carbonyl (C=O) groups is 5. The van der Waals surface area contributed by atoms with Crippen molar-refractivity contribution >= 4 is 35.6 Å². The van der Waals surface area contributed by atoms with E-state index in [4.69, 9.17) is 22.9 Å². The fourth-order valence-corrected chi connectivity index (χ4v) is 3.97. The second-order valence-electron chi connectivity index (χ2n) is 9.34. The molecule has 0 spiro atoms. The molecule has 14 heteroatoms. The number of primary amides is 1. The van der Waals surface area contributed by atoms with Gasteiger partial charge in [-0.1, -0.05) is 13.8 Å². The fraction of sp³-hybridized carbons (Fsp3) is 0.727. The molecule has 1 rings (SSSR count). The van der Waals surface area contributed by atoms with Crippen molar-refractivity contribution in [3.05, 3.63) is 0 Å². The Kier molecular flexibility index (Phi) is 12.6. The summed E-state index contributed by atoms with van der Waals surface area (Å²) in [6.07, 6.45) is 1.35. The predicted octanol–water partition coefficient (Wildman–Crippen LogP) is -2.28. The maximum Gasteiger partial charge on any atom is 0.326 e. The van der Waals surface area contributed by atoms with Gasteiger partial charge in [0.1, 0.15) is 18.1 Å². The van der Waals surface area contributed by atoms with Crippen molar-refractivity contribution in [2.24, 2.45) is 33.8 Å². The number of carboxylic acids is 1. The lowest BCUT2D eigenvalue weighted by Crippen LogP contribution is -2.57. The standard InChI is InChI=1S/C22H40N8O6/c1-12(2)11-13(23)18(32)28-14(7-8-17(24)31)19(33)29-15(5-3-9-27-22(25)26)20(34)30-10-4-6-16(30)21(35)36/h12-16H,3-11,23H2,1-2H3,(H2,24,31)(H,28,32)(H,29,33)(H,35,36)(H4,25,26,27). The molecule has 1 aliphatic heterocycles. The minimum Gasteiger partial charge on any atom is -0.480 e. The number of carboxylic acid groups (broad SMARTS) is 1. The molecule has 0 aromatic rings. The molecule has 4 atom stereocenters. The first-order valence-electron chi connectivity index (χ1n) is 12.1. The van der Waals surface area contributed by atoms with Crippen LogP contribution in [0.25, 0.3) is 0 Å². The van der Waals surface area contributed by atoms with Crippen LogP contribution in [0.5, 0.6) is 0 Å². The van der Waals surface area contributed by atoms with Gasteiger partial charge in [0.25, 0.3) is 0 Å². The van der Waals surface area contributed by atoms with Gasteiger partial charge in [0.2, 0.25) is 23.6 Å². The van der Waals surface area contributed by atoms with Crippen LogP contribution >= 0.6 is 0 Å². The van der Waals surface area contributed by atoms with E-state index in [0.29, 0.717) is 25.7 Å². The van der Waals surface area contributed by atoms with Crippen molar-refractivity contribution < 1.29 is 29.1 Å². The van der Waals surface area contributed by atoms with Gasteiger partial charge in [0.05, 0.1) is 6.04 Å². The van der Waals surface area contributed by atoms with Crippen molar-refractivity contribution in [1.29, 1.82) is 0 Å². The fourth-order valence-electron chi connectivity index (χ4n) is 3.97. The predicted molar refractivity (Wildman–Crippen MR) is 132 cm³/mol. The van der Waals surface area contributed by atoms with E-state index in [1.165, 1.54) is 4.90 Å². The zero-order valence-corrected chi connectivity index (χ0v) is 20.9. The number of nitrogens with two attached hydrogens (primary N) is 4. The van der Waals surface area contributed by atoms with Crippen molar-refractivity contribution in [3.63, 3.8) is 0 Å². The summed E-state index contributed by atoms with van der Waals surface area (Å²) in [5.74, 6) is -3.63. The van der Waals surface area contributed by atoms with E-state index in [-0.39, 0.29) is 44.2 Å². The molecule has 4 unspecified atom stereocenters. The number of hydrogen-bond donors (Lipinski definition) is 7. The highest BCUT2D eigenvalue weighted by molar-refractivity contribution is 5.94. The van der Waals surface area contributed by atoms with E-state index in [9.17, 15) is 29.1 Å². The number of nitrogens with zero attached hydrogens (tertiary/aromatic N) is 2. The van der Waals surface area contributed by atoms with Crippen molar-refractivity contribution in [2.45, 2.75) is 83.0 Å². The number of guanidine groups is 1. The van der Waals surface area contributed by atoms with Crippen LogP contribution in [-0.2, 0) is 24.0 Å². The van der Waals surface area contributed by atoms with Crippen LogP contribution in [0.2, 0.25) is 0 Å². The smallest absolute Gasteiger partial charge is 0.326 e. The van der Waals surface area contributed by atoms with E-state index < -0.39 is 53.8 Å². The van der Waals surface area contributed by atoms with Gasteiger partial charge in [0, 0.05) is 19.5 Å². The summed E-state index contributed by atoms with van der Waals surface area (Å²) >= 11 is 0. The van der Waals surface area contributed by atoms with E-state index in [1.54, 1.807) is 0 Å². The number of amides is 4. The molecular formula is C22H40N8O6. The van der Waals surface area contributed by atoms with Crippen LogP contribution in [-0.4, -0.2) is 82.8 Å². The first kappa shape index (κ1) is 30.6. The highest BCUT2D eigenvalue weighted by Crippen LogP contribution is 2.20. The number of nitrogens with one attached hydrogen (secondary N) is 2. The van der Waals surface area contributed by atoms with Gasteiger partial charge in [-0.2, -0.15) is 0 Å². The van der Waals surface area contributed by atoms with E-state index in [0.717, 1.165) is 0 Å². The third-order valence-electron chi connectivity index (χ3n) is 5.76. The maximum absolute atomic E-state index is 13.2. The summed E-state index contributed by atoms with van der Waals surface area (Å²) < 4.78 is 0. The Morgan fingerprint density at radius 3 is 2.22 bits per heavy atom. The molecule has 0 aliphatic carbocycles. The number of hydrogen-bond acceptors (Lipinski definition) is 7. The molecule has 0 aromatic carbocycles. The summed E-state index contributed by atoms with van der Waals surface area (Å²) in [5, 5.41) is 14.6. The lowest BCUT2D eigenvalue weighted by Gasteiger charge is -2.29. The highest BCUT2D eigenvalue weighted by Gasteiger charge is 2.38. The lowest BCUT2D eigenvalue weighted by atomic mass is 10.0. The second-order valence-corrected chi connectivity index (χ2v) is 9.34. The summed E-state index contributed by atoms with van der Waals surface area (Å²) in [5.41, 5.74) is 21.8. The average molecular weight is 513 g/mol. The Balaban J connectivity index is 3.06. The molecule has 0 aromatic heterocycles. The van der Waals surface area contributed by atoms with E-state index >= 15 is 0 Å². The zero-order chi connectivity index (χ0) is 27.4. The first-order valence-corrected chi connectivity index (χ1v) is 12.1. The normalized spacial score (nSPS) is 17.7. The van der Waals surface area contributed by atoms with Crippen molar-refractivity contribution in [2.75, 3.05) is 13.1 Å². The molecule has 0 radical (unpaired) electrons.